The van der Waals surface area contributed by atoms with E-state index in [0.29, 0.717) is 0 Å². The second-order valence-electron chi connectivity index (χ2n) is 5.28. The van der Waals surface area contributed by atoms with Gasteiger partial charge in [0, 0.05) is 0 Å². The highest BCUT2D eigenvalue weighted by atomic mass is 16.7. The fourth-order valence-corrected chi connectivity index (χ4v) is 2.31. The lowest BCUT2D eigenvalue weighted by molar-refractivity contribution is -0.308. The Labute approximate surface area is 125 Å². The number of Topliss-reactive ketones (excluding diaryl/α,β-unsaturated/α-hetero) is 1. The number of rotatable bonds is 4. The molecule has 2 aliphatic rings. The van der Waals surface area contributed by atoms with Crippen LogP contribution in [0.25, 0.3) is 0 Å². The first kappa shape index (κ1) is 17.7. The van der Waals surface area contributed by atoms with Crippen molar-refractivity contribution in [1.29, 1.82) is 0 Å². The minimum absolute atomic E-state index is 0.339. The molecule has 0 radical (unpaired) electrons. The summed E-state index contributed by atoms with van der Waals surface area (Å²) in [5.41, 5.74) is 0. The minimum atomic E-state index is -1.59. The van der Waals surface area contributed by atoms with Crippen LogP contribution in [0.1, 0.15) is 0 Å². The van der Waals surface area contributed by atoms with Gasteiger partial charge in [-0.1, -0.05) is 0 Å². The molecule has 10 heteroatoms. The largest absolute Gasteiger partial charge is 0.394 e. The third kappa shape index (κ3) is 3.45. The van der Waals surface area contributed by atoms with Gasteiger partial charge in [0.25, 0.3) is 0 Å². The highest BCUT2D eigenvalue weighted by Crippen LogP contribution is 2.23. The van der Waals surface area contributed by atoms with E-state index in [4.69, 9.17) is 19.3 Å². The van der Waals surface area contributed by atoms with Gasteiger partial charge in [0.15, 0.2) is 12.1 Å². The molecule has 0 unspecified atom stereocenters. The Balaban J connectivity index is 1.91. The van der Waals surface area contributed by atoms with Crippen LogP contribution in [0.3, 0.4) is 0 Å². The lowest BCUT2D eigenvalue weighted by Crippen LogP contribution is -2.60. The molecule has 0 aromatic carbocycles. The van der Waals surface area contributed by atoms with Crippen molar-refractivity contribution < 1.29 is 49.6 Å². The van der Waals surface area contributed by atoms with E-state index in [1.165, 1.54) is 0 Å². The molecule has 0 spiro atoms. The van der Waals surface area contributed by atoms with E-state index in [2.05, 4.69) is 0 Å². The summed E-state index contributed by atoms with van der Waals surface area (Å²) in [7, 11) is 0. The third-order valence-corrected chi connectivity index (χ3v) is 3.75. The van der Waals surface area contributed by atoms with E-state index in [-0.39, 0.29) is 13.2 Å². The van der Waals surface area contributed by atoms with Gasteiger partial charge in [-0.25, -0.2) is 0 Å². The van der Waals surface area contributed by atoms with Crippen molar-refractivity contribution in [3.05, 3.63) is 0 Å². The quantitative estimate of drug-likeness (QED) is 0.296. The molecule has 0 aliphatic carbocycles. The zero-order chi connectivity index (χ0) is 16.4. The van der Waals surface area contributed by atoms with Gasteiger partial charge >= 0.3 is 0 Å². The molecule has 2 heterocycles. The van der Waals surface area contributed by atoms with Crippen molar-refractivity contribution in [2.75, 3.05) is 19.8 Å². The summed E-state index contributed by atoms with van der Waals surface area (Å²) < 4.78 is 15.3. The monoisotopic (exact) mass is 324 g/mol. The number of hydrogen-bond donors (Lipinski definition) is 6. The van der Waals surface area contributed by atoms with Crippen LogP contribution in [0, 0.1) is 0 Å². The SMILES string of the molecule is O=C1CO[C@H](CO[C@@H]2O[C@H](CO)[C@@H](O)[C@H](O)[C@H]2O)[C@@H](O)[C@@H]1O. The predicted octanol–water partition coefficient (Wildman–Crippen LogP) is -4.51. The summed E-state index contributed by atoms with van der Waals surface area (Å²) in [5.74, 6) is -0.656. The summed E-state index contributed by atoms with van der Waals surface area (Å²) in [4.78, 5) is 11.1. The number of carbonyl (C=O) groups excluding carboxylic acids is 1. The molecule has 2 rings (SSSR count). The van der Waals surface area contributed by atoms with Crippen LogP contribution < -0.4 is 0 Å². The van der Waals surface area contributed by atoms with Crippen LogP contribution in [0.2, 0.25) is 0 Å². The number of ether oxygens (including phenoxy) is 3. The van der Waals surface area contributed by atoms with Crippen molar-refractivity contribution in [2.24, 2.45) is 0 Å². The van der Waals surface area contributed by atoms with E-state index >= 15 is 0 Å². The molecule has 0 aromatic heterocycles. The van der Waals surface area contributed by atoms with Gasteiger partial charge in [-0.15, -0.1) is 0 Å². The normalized spacial score (nSPS) is 46.7. The maximum Gasteiger partial charge on any atom is 0.189 e. The number of hydrogen-bond acceptors (Lipinski definition) is 10. The third-order valence-electron chi connectivity index (χ3n) is 3.75. The van der Waals surface area contributed by atoms with E-state index in [1.807, 2.05) is 0 Å². The fourth-order valence-electron chi connectivity index (χ4n) is 2.31. The Morgan fingerprint density at radius 3 is 2.32 bits per heavy atom. The number of aliphatic hydroxyl groups is 6. The highest BCUT2D eigenvalue weighted by molar-refractivity contribution is 5.85. The summed E-state index contributed by atoms with van der Waals surface area (Å²) in [6.45, 7) is -1.32. The lowest BCUT2D eigenvalue weighted by atomic mass is 9.99. The molecule has 10 nitrogen and oxygen atoms in total. The van der Waals surface area contributed by atoms with Crippen LogP contribution in [0.4, 0.5) is 0 Å². The maximum absolute atomic E-state index is 11.1. The van der Waals surface area contributed by atoms with Gasteiger partial charge in [-0.05, 0) is 0 Å². The van der Waals surface area contributed by atoms with Crippen molar-refractivity contribution in [1.82, 2.24) is 0 Å². The van der Waals surface area contributed by atoms with Gasteiger partial charge in [-0.3, -0.25) is 4.79 Å². The Bertz CT molecular complexity index is 388. The van der Waals surface area contributed by atoms with E-state index in [1.54, 1.807) is 0 Å². The zero-order valence-electron chi connectivity index (χ0n) is 11.6. The molecule has 2 aliphatic heterocycles. The molecule has 2 saturated heterocycles. The molecule has 22 heavy (non-hydrogen) atoms. The molecular formula is C12H20O10. The van der Waals surface area contributed by atoms with E-state index < -0.39 is 61.4 Å². The first-order valence-electron chi connectivity index (χ1n) is 6.79. The van der Waals surface area contributed by atoms with Gasteiger partial charge < -0.3 is 44.8 Å². The van der Waals surface area contributed by atoms with Crippen molar-refractivity contribution in [3.63, 3.8) is 0 Å². The topological polar surface area (TPSA) is 166 Å². The van der Waals surface area contributed by atoms with Gasteiger partial charge in [0.2, 0.25) is 0 Å². The Morgan fingerprint density at radius 1 is 1.00 bits per heavy atom. The molecule has 2 fully saturated rings. The molecular weight excluding hydrogens is 304 g/mol. The molecule has 0 bridgehead atoms. The van der Waals surface area contributed by atoms with Crippen LogP contribution >= 0.6 is 0 Å². The molecule has 0 aromatic rings. The van der Waals surface area contributed by atoms with E-state index in [9.17, 15) is 30.3 Å². The highest BCUT2D eigenvalue weighted by Gasteiger charge is 2.45. The smallest absolute Gasteiger partial charge is 0.189 e. The number of ketones is 1. The van der Waals surface area contributed by atoms with Crippen LogP contribution in [-0.4, -0.2) is 105 Å². The first-order chi connectivity index (χ1) is 10.4. The first-order valence-corrected chi connectivity index (χ1v) is 6.79. The van der Waals surface area contributed by atoms with Crippen molar-refractivity contribution in [3.8, 4) is 0 Å². The second kappa shape index (κ2) is 7.25. The van der Waals surface area contributed by atoms with Crippen molar-refractivity contribution >= 4 is 5.78 Å². The zero-order valence-corrected chi connectivity index (χ0v) is 11.6. The average Bonchev–Trinajstić information content (AvgIpc) is 2.51. The standard InChI is InChI=1S/C12H20O10/c13-1-5-8(16)10(18)11(19)12(22-5)21-3-6-9(17)7(15)4(14)2-20-6/h5-13,15-19H,1-3H2/t5-,6-,7-,8-,9-,10+,11-,12-/m1/s1. The van der Waals surface area contributed by atoms with Crippen LogP contribution in [0.5, 0.6) is 0 Å². The summed E-state index contributed by atoms with van der Waals surface area (Å²) in [5, 5.41) is 57.1. The summed E-state index contributed by atoms with van der Waals surface area (Å²) in [6, 6.07) is 0. The second-order valence-corrected chi connectivity index (χ2v) is 5.28. The summed E-state index contributed by atoms with van der Waals surface area (Å²) >= 11 is 0. The lowest BCUT2D eigenvalue weighted by Gasteiger charge is -2.40. The molecule has 128 valence electrons. The molecule has 8 atom stereocenters. The fraction of sp³-hybridized carbons (Fsp3) is 0.917. The summed E-state index contributed by atoms with van der Waals surface area (Å²) in [6.07, 6.45) is -11.3. The van der Waals surface area contributed by atoms with Crippen LogP contribution in [0.15, 0.2) is 0 Å². The molecule has 0 saturated carbocycles. The Kier molecular flexibility index (Phi) is 5.82. The minimum Gasteiger partial charge on any atom is -0.394 e. The van der Waals surface area contributed by atoms with Crippen molar-refractivity contribution in [2.45, 2.75) is 49.0 Å². The maximum atomic E-state index is 11.1. The Morgan fingerprint density at radius 2 is 1.68 bits per heavy atom. The average molecular weight is 324 g/mol. The molecule has 6 N–H and O–H groups in total. The Hall–Kier alpha value is -0.690. The van der Waals surface area contributed by atoms with Crippen LogP contribution in [-0.2, 0) is 19.0 Å². The van der Waals surface area contributed by atoms with Gasteiger partial charge in [-0.2, -0.15) is 0 Å². The van der Waals surface area contributed by atoms with Gasteiger partial charge in [0.1, 0.15) is 49.3 Å². The molecule has 0 amide bonds. The number of aliphatic hydroxyl groups excluding tert-OH is 6. The van der Waals surface area contributed by atoms with E-state index in [0.717, 1.165) is 0 Å². The number of carbonyl (C=O) groups is 1. The van der Waals surface area contributed by atoms with Gasteiger partial charge in [0.05, 0.1) is 13.2 Å². The predicted molar refractivity (Wildman–Crippen MR) is 66.5 cm³/mol.